The maximum Gasteiger partial charge on any atom is 0.488 e. The highest BCUT2D eigenvalue weighted by Crippen LogP contribution is 2.14. The van der Waals surface area contributed by atoms with Gasteiger partial charge in [-0.2, -0.15) is 0 Å². The third kappa shape index (κ3) is 4.38. The summed E-state index contributed by atoms with van der Waals surface area (Å²) in [6.07, 6.45) is 2.55. The molecule has 3 aromatic rings. The van der Waals surface area contributed by atoms with Gasteiger partial charge >= 0.3 is 7.12 Å². The second kappa shape index (κ2) is 8.65. The zero-order valence-corrected chi connectivity index (χ0v) is 14.9. The molecule has 0 spiro atoms. The van der Waals surface area contributed by atoms with E-state index in [2.05, 4.69) is 12.1 Å². The average Bonchev–Trinajstić information content (AvgIpc) is 2.64. The van der Waals surface area contributed by atoms with Crippen LogP contribution in [0.25, 0.3) is 10.8 Å². The summed E-state index contributed by atoms with van der Waals surface area (Å²) in [4.78, 5) is 12.7. The molecule has 0 aliphatic carbocycles. The molecular formula is C20H24BNO3. The van der Waals surface area contributed by atoms with E-state index in [0.717, 1.165) is 6.42 Å². The Labute approximate surface area is 148 Å². The second-order valence-electron chi connectivity index (χ2n) is 5.79. The molecule has 4 nitrogen and oxygen atoms in total. The lowest BCUT2D eigenvalue weighted by Crippen LogP contribution is -2.30. The van der Waals surface area contributed by atoms with Crippen LogP contribution in [0.4, 0.5) is 0 Å². The van der Waals surface area contributed by atoms with Gasteiger partial charge in [-0.05, 0) is 41.9 Å². The van der Waals surface area contributed by atoms with Crippen LogP contribution in [0.2, 0.25) is 0 Å². The summed E-state index contributed by atoms with van der Waals surface area (Å²) in [7, 11) is -1.53. The molecule has 1 atom stereocenters. The molecular weight excluding hydrogens is 313 g/mol. The molecule has 0 fully saturated rings. The lowest BCUT2D eigenvalue weighted by atomic mass is 9.79. The standard InChI is InChI=1S/C18H18BNO3.C2H6/c1-13(11-14-5-3-2-4-6-14)20-10-9-15-12-16(19(22)23)7-8-17(15)18(20)21;1-2/h2-10,12-13,22-23H,11H2,1H3;1-2H3. The van der Waals surface area contributed by atoms with Crippen molar-refractivity contribution in [3.05, 3.63) is 76.7 Å². The monoisotopic (exact) mass is 337 g/mol. The Bertz CT molecular complexity index is 875. The summed E-state index contributed by atoms with van der Waals surface area (Å²) >= 11 is 0. The Hall–Kier alpha value is -2.37. The van der Waals surface area contributed by atoms with Gasteiger partial charge in [0.15, 0.2) is 0 Å². The van der Waals surface area contributed by atoms with E-state index in [0.29, 0.717) is 16.2 Å². The zero-order valence-electron chi connectivity index (χ0n) is 14.9. The predicted molar refractivity (Wildman–Crippen MR) is 104 cm³/mol. The number of hydrogen-bond acceptors (Lipinski definition) is 3. The summed E-state index contributed by atoms with van der Waals surface area (Å²) in [5.74, 6) is 0. The minimum atomic E-state index is -1.53. The van der Waals surface area contributed by atoms with Gasteiger partial charge < -0.3 is 14.6 Å². The van der Waals surface area contributed by atoms with Crippen molar-refractivity contribution in [3.63, 3.8) is 0 Å². The molecule has 2 N–H and O–H groups in total. The van der Waals surface area contributed by atoms with Gasteiger partial charge in [0.25, 0.3) is 5.56 Å². The van der Waals surface area contributed by atoms with Gasteiger partial charge in [0, 0.05) is 17.6 Å². The highest BCUT2D eigenvalue weighted by atomic mass is 16.4. The van der Waals surface area contributed by atoms with E-state index in [1.807, 2.05) is 45.0 Å². The van der Waals surface area contributed by atoms with Crippen molar-refractivity contribution in [1.29, 1.82) is 0 Å². The smallest absolute Gasteiger partial charge is 0.423 e. The molecule has 5 heteroatoms. The first kappa shape index (κ1) is 19.0. The van der Waals surface area contributed by atoms with Crippen molar-refractivity contribution in [3.8, 4) is 0 Å². The van der Waals surface area contributed by atoms with E-state index in [-0.39, 0.29) is 11.6 Å². The van der Waals surface area contributed by atoms with Crippen LogP contribution in [0.15, 0.2) is 65.6 Å². The predicted octanol–water partition coefficient (Wildman–Crippen LogP) is 2.51. The molecule has 130 valence electrons. The maximum atomic E-state index is 12.7. The third-order valence-corrected chi connectivity index (χ3v) is 4.10. The Morgan fingerprint density at radius 3 is 2.36 bits per heavy atom. The topological polar surface area (TPSA) is 62.5 Å². The molecule has 0 saturated heterocycles. The number of pyridine rings is 1. The molecule has 1 heterocycles. The molecule has 0 saturated carbocycles. The fourth-order valence-electron chi connectivity index (χ4n) is 2.84. The molecule has 0 aliphatic rings. The average molecular weight is 337 g/mol. The molecule has 0 amide bonds. The first-order chi connectivity index (χ1) is 12.1. The first-order valence-electron chi connectivity index (χ1n) is 8.61. The van der Waals surface area contributed by atoms with Crippen LogP contribution in [0.3, 0.4) is 0 Å². The van der Waals surface area contributed by atoms with E-state index >= 15 is 0 Å². The van der Waals surface area contributed by atoms with Crippen molar-refractivity contribution < 1.29 is 10.0 Å². The lowest BCUT2D eigenvalue weighted by Gasteiger charge is -2.16. The maximum absolute atomic E-state index is 12.7. The minimum Gasteiger partial charge on any atom is -0.423 e. The Balaban J connectivity index is 0.00000109. The van der Waals surface area contributed by atoms with Crippen molar-refractivity contribution in [1.82, 2.24) is 4.57 Å². The van der Waals surface area contributed by atoms with Crippen LogP contribution in [-0.4, -0.2) is 21.7 Å². The third-order valence-electron chi connectivity index (χ3n) is 4.10. The van der Waals surface area contributed by atoms with Crippen molar-refractivity contribution >= 4 is 23.4 Å². The van der Waals surface area contributed by atoms with Gasteiger partial charge in [-0.25, -0.2) is 0 Å². The number of fused-ring (bicyclic) bond motifs is 1. The molecule has 3 rings (SSSR count). The molecule has 0 radical (unpaired) electrons. The highest BCUT2D eigenvalue weighted by Gasteiger charge is 2.14. The Kier molecular flexibility index (Phi) is 6.56. The van der Waals surface area contributed by atoms with Crippen molar-refractivity contribution in [2.75, 3.05) is 0 Å². The van der Waals surface area contributed by atoms with Gasteiger partial charge in [0.1, 0.15) is 0 Å². The minimum absolute atomic E-state index is 0.0393. The van der Waals surface area contributed by atoms with E-state index in [1.165, 1.54) is 5.56 Å². The molecule has 25 heavy (non-hydrogen) atoms. The number of aromatic nitrogens is 1. The van der Waals surface area contributed by atoms with Gasteiger partial charge in [0.2, 0.25) is 0 Å². The van der Waals surface area contributed by atoms with Crippen LogP contribution in [0.1, 0.15) is 32.4 Å². The van der Waals surface area contributed by atoms with Gasteiger partial charge in [-0.3, -0.25) is 4.79 Å². The summed E-state index contributed by atoms with van der Waals surface area (Å²) in [5, 5.41) is 19.8. The van der Waals surface area contributed by atoms with Gasteiger partial charge in [0.05, 0.1) is 0 Å². The molecule has 0 aliphatic heterocycles. The van der Waals surface area contributed by atoms with Crippen LogP contribution in [-0.2, 0) is 6.42 Å². The van der Waals surface area contributed by atoms with Gasteiger partial charge in [-0.1, -0.05) is 56.3 Å². The summed E-state index contributed by atoms with van der Waals surface area (Å²) in [6, 6.07) is 16.8. The second-order valence-corrected chi connectivity index (χ2v) is 5.79. The fraction of sp³-hybridized carbons (Fsp3) is 0.250. The van der Waals surface area contributed by atoms with Crippen LogP contribution < -0.4 is 11.0 Å². The number of rotatable bonds is 4. The van der Waals surface area contributed by atoms with Crippen LogP contribution >= 0.6 is 0 Å². The summed E-state index contributed by atoms with van der Waals surface area (Å²) in [6.45, 7) is 6.02. The first-order valence-corrected chi connectivity index (χ1v) is 8.61. The quantitative estimate of drug-likeness (QED) is 0.719. The van der Waals surface area contributed by atoms with Crippen molar-refractivity contribution in [2.24, 2.45) is 0 Å². The normalized spacial score (nSPS) is 11.6. The molecule has 1 aromatic heterocycles. The Morgan fingerprint density at radius 2 is 1.72 bits per heavy atom. The van der Waals surface area contributed by atoms with Crippen molar-refractivity contribution in [2.45, 2.75) is 33.2 Å². The fourth-order valence-corrected chi connectivity index (χ4v) is 2.84. The van der Waals surface area contributed by atoms with E-state index in [9.17, 15) is 14.8 Å². The highest BCUT2D eigenvalue weighted by molar-refractivity contribution is 6.58. The molecule has 0 bridgehead atoms. The lowest BCUT2D eigenvalue weighted by molar-refractivity contribution is 0.426. The van der Waals surface area contributed by atoms with E-state index in [4.69, 9.17) is 0 Å². The van der Waals surface area contributed by atoms with E-state index < -0.39 is 7.12 Å². The number of benzene rings is 2. The number of hydrogen-bond donors (Lipinski definition) is 2. The molecule has 1 unspecified atom stereocenters. The summed E-state index contributed by atoms with van der Waals surface area (Å²) < 4.78 is 1.73. The Morgan fingerprint density at radius 1 is 1.04 bits per heavy atom. The van der Waals surface area contributed by atoms with Crippen LogP contribution in [0.5, 0.6) is 0 Å². The SMILES string of the molecule is CC.CC(Cc1ccccc1)n1ccc2cc(B(O)O)ccc2c1=O. The van der Waals surface area contributed by atoms with Crippen LogP contribution in [0, 0.1) is 0 Å². The molecule has 2 aromatic carbocycles. The largest absolute Gasteiger partial charge is 0.488 e. The van der Waals surface area contributed by atoms with Gasteiger partial charge in [-0.15, -0.1) is 0 Å². The van der Waals surface area contributed by atoms with E-state index in [1.54, 1.807) is 29.0 Å². The zero-order chi connectivity index (χ0) is 18.4. The number of nitrogens with zero attached hydrogens (tertiary/aromatic N) is 1. The summed E-state index contributed by atoms with van der Waals surface area (Å²) in [5.41, 5.74) is 1.50.